The second kappa shape index (κ2) is 7.83. The van der Waals surface area contributed by atoms with E-state index in [0.717, 1.165) is 16.9 Å². The maximum absolute atomic E-state index is 12.5. The van der Waals surface area contributed by atoms with Gasteiger partial charge in [0.2, 0.25) is 0 Å². The van der Waals surface area contributed by atoms with E-state index >= 15 is 0 Å². The van der Waals surface area contributed by atoms with Gasteiger partial charge in [0.1, 0.15) is 5.69 Å². The number of carbonyl (C=O) groups excluding carboxylic acids is 1. The minimum absolute atomic E-state index is 0.0819. The monoisotopic (exact) mass is 345 g/mol. The van der Waals surface area contributed by atoms with Gasteiger partial charge in [-0.15, -0.1) is 0 Å². The first kappa shape index (κ1) is 17.7. The molecule has 0 aliphatic carbocycles. The number of amides is 1. The molecule has 0 radical (unpaired) electrons. The van der Waals surface area contributed by atoms with Gasteiger partial charge in [0.05, 0.1) is 6.04 Å². The first-order valence-electron chi connectivity index (χ1n) is 8.68. The van der Waals surface area contributed by atoms with Crippen LogP contribution in [0, 0.1) is 13.8 Å². The number of carbonyl (C=O) groups is 1. The largest absolute Gasteiger partial charge is 0.355 e. The zero-order valence-electron chi connectivity index (χ0n) is 15.3. The van der Waals surface area contributed by atoms with E-state index in [0.29, 0.717) is 5.69 Å². The molecule has 1 atom stereocenters. The third-order valence-corrected chi connectivity index (χ3v) is 4.15. The molecule has 2 aromatic carbocycles. The standard InChI is InChI=1S/C22H23N3O/c1-15-11-16(2)13-20(12-15)25-19-9-10-23-21(14-19)22(26)24-17(3)18-7-5-4-6-8-18/h4-14,17H,1-3H3,(H,23,25)(H,24,26). The second-order valence-corrected chi connectivity index (χ2v) is 6.54. The molecule has 0 aliphatic heterocycles. The summed E-state index contributed by atoms with van der Waals surface area (Å²) in [5.41, 5.74) is 5.67. The minimum atomic E-state index is -0.189. The third kappa shape index (κ3) is 4.48. The summed E-state index contributed by atoms with van der Waals surface area (Å²) in [6, 6.07) is 19.7. The van der Waals surface area contributed by atoms with Gasteiger partial charge < -0.3 is 10.6 Å². The fourth-order valence-electron chi connectivity index (χ4n) is 2.94. The molecule has 1 heterocycles. The van der Waals surface area contributed by atoms with Crippen LogP contribution in [0.15, 0.2) is 66.9 Å². The number of aromatic nitrogens is 1. The summed E-state index contributed by atoms with van der Waals surface area (Å²) < 4.78 is 0. The number of pyridine rings is 1. The molecule has 3 rings (SSSR count). The Kier molecular flexibility index (Phi) is 5.32. The average molecular weight is 345 g/mol. The summed E-state index contributed by atoms with van der Waals surface area (Å²) in [7, 11) is 0. The number of hydrogen-bond donors (Lipinski definition) is 2. The van der Waals surface area contributed by atoms with Gasteiger partial charge in [0, 0.05) is 17.6 Å². The van der Waals surface area contributed by atoms with E-state index < -0.39 is 0 Å². The van der Waals surface area contributed by atoms with Crippen molar-refractivity contribution in [2.75, 3.05) is 5.32 Å². The van der Waals surface area contributed by atoms with Crippen molar-refractivity contribution >= 4 is 17.3 Å². The molecule has 0 fully saturated rings. The fraction of sp³-hybridized carbons (Fsp3) is 0.182. The van der Waals surface area contributed by atoms with Crippen molar-refractivity contribution in [1.82, 2.24) is 10.3 Å². The Bertz CT molecular complexity index is 886. The number of aryl methyl sites for hydroxylation is 2. The van der Waals surface area contributed by atoms with Crippen LogP contribution in [-0.2, 0) is 0 Å². The van der Waals surface area contributed by atoms with E-state index in [1.165, 1.54) is 11.1 Å². The number of nitrogens with one attached hydrogen (secondary N) is 2. The van der Waals surface area contributed by atoms with Crippen LogP contribution in [0.4, 0.5) is 11.4 Å². The van der Waals surface area contributed by atoms with E-state index in [1.807, 2.05) is 43.3 Å². The Balaban J connectivity index is 1.73. The van der Waals surface area contributed by atoms with Gasteiger partial charge in [0.25, 0.3) is 5.91 Å². The van der Waals surface area contributed by atoms with Crippen LogP contribution in [0.5, 0.6) is 0 Å². The molecule has 0 saturated heterocycles. The number of nitrogens with zero attached hydrogens (tertiary/aromatic N) is 1. The number of anilines is 2. The molecule has 4 nitrogen and oxygen atoms in total. The summed E-state index contributed by atoms with van der Waals surface area (Å²) >= 11 is 0. The minimum Gasteiger partial charge on any atom is -0.355 e. The quantitative estimate of drug-likeness (QED) is 0.689. The summed E-state index contributed by atoms with van der Waals surface area (Å²) in [5, 5.41) is 6.34. The van der Waals surface area contributed by atoms with Crippen molar-refractivity contribution in [3.8, 4) is 0 Å². The molecule has 3 aromatic rings. The molecule has 0 bridgehead atoms. The highest BCUT2D eigenvalue weighted by Crippen LogP contribution is 2.20. The van der Waals surface area contributed by atoms with Crippen LogP contribution in [0.25, 0.3) is 0 Å². The Morgan fingerprint density at radius 2 is 1.62 bits per heavy atom. The lowest BCUT2D eigenvalue weighted by molar-refractivity contribution is 0.0935. The zero-order valence-corrected chi connectivity index (χ0v) is 15.3. The molecular formula is C22H23N3O. The molecule has 0 aliphatic rings. The van der Waals surface area contributed by atoms with Crippen LogP contribution in [0.3, 0.4) is 0 Å². The molecule has 1 unspecified atom stereocenters. The summed E-state index contributed by atoms with van der Waals surface area (Å²) in [5.74, 6) is -0.189. The highest BCUT2D eigenvalue weighted by Gasteiger charge is 2.13. The van der Waals surface area contributed by atoms with E-state index in [4.69, 9.17) is 0 Å². The molecule has 4 heteroatoms. The van der Waals surface area contributed by atoms with Gasteiger partial charge in [-0.2, -0.15) is 0 Å². The highest BCUT2D eigenvalue weighted by atomic mass is 16.1. The van der Waals surface area contributed by atoms with Crippen molar-refractivity contribution in [1.29, 1.82) is 0 Å². The van der Waals surface area contributed by atoms with Gasteiger partial charge in [-0.25, -0.2) is 0 Å². The Hall–Kier alpha value is -3.14. The van der Waals surface area contributed by atoms with Gasteiger partial charge in [-0.1, -0.05) is 36.4 Å². The molecular weight excluding hydrogens is 322 g/mol. The van der Waals surface area contributed by atoms with Gasteiger partial charge in [-0.3, -0.25) is 9.78 Å². The third-order valence-electron chi connectivity index (χ3n) is 4.15. The van der Waals surface area contributed by atoms with E-state index in [-0.39, 0.29) is 11.9 Å². The normalized spacial score (nSPS) is 11.7. The summed E-state index contributed by atoms with van der Waals surface area (Å²) in [6.45, 7) is 6.09. The number of hydrogen-bond acceptors (Lipinski definition) is 3. The van der Waals surface area contributed by atoms with Crippen LogP contribution in [0.2, 0.25) is 0 Å². The lowest BCUT2D eigenvalue weighted by atomic mass is 10.1. The zero-order chi connectivity index (χ0) is 18.5. The summed E-state index contributed by atoms with van der Waals surface area (Å²) in [6.07, 6.45) is 1.65. The predicted molar refractivity (Wildman–Crippen MR) is 106 cm³/mol. The molecule has 132 valence electrons. The number of benzene rings is 2. The van der Waals surface area contributed by atoms with Crippen molar-refractivity contribution in [3.05, 3.63) is 89.2 Å². The van der Waals surface area contributed by atoms with E-state index in [1.54, 1.807) is 12.3 Å². The van der Waals surface area contributed by atoms with Crippen molar-refractivity contribution in [3.63, 3.8) is 0 Å². The van der Waals surface area contributed by atoms with Gasteiger partial charge in [-0.05, 0) is 61.7 Å². The van der Waals surface area contributed by atoms with Crippen molar-refractivity contribution < 1.29 is 4.79 Å². The first-order valence-corrected chi connectivity index (χ1v) is 8.68. The SMILES string of the molecule is Cc1cc(C)cc(Nc2ccnc(C(=O)NC(C)c3ccccc3)c2)c1. The molecule has 0 spiro atoms. The smallest absolute Gasteiger partial charge is 0.270 e. The molecule has 1 amide bonds. The van der Waals surface area contributed by atoms with Gasteiger partial charge >= 0.3 is 0 Å². The molecule has 1 aromatic heterocycles. The Morgan fingerprint density at radius 1 is 0.923 bits per heavy atom. The lowest BCUT2D eigenvalue weighted by Gasteiger charge is -2.14. The van der Waals surface area contributed by atoms with Crippen LogP contribution < -0.4 is 10.6 Å². The highest BCUT2D eigenvalue weighted by molar-refractivity contribution is 5.93. The van der Waals surface area contributed by atoms with Crippen molar-refractivity contribution in [2.45, 2.75) is 26.8 Å². The van der Waals surface area contributed by atoms with Crippen LogP contribution >= 0.6 is 0 Å². The van der Waals surface area contributed by atoms with Gasteiger partial charge in [0.15, 0.2) is 0 Å². The Morgan fingerprint density at radius 3 is 2.31 bits per heavy atom. The maximum atomic E-state index is 12.5. The maximum Gasteiger partial charge on any atom is 0.270 e. The Labute approximate surface area is 154 Å². The topological polar surface area (TPSA) is 54.0 Å². The fourth-order valence-corrected chi connectivity index (χ4v) is 2.94. The van der Waals surface area contributed by atoms with E-state index in [2.05, 4.69) is 47.7 Å². The molecule has 26 heavy (non-hydrogen) atoms. The van der Waals surface area contributed by atoms with Crippen LogP contribution in [0.1, 0.15) is 40.1 Å². The molecule has 0 saturated carbocycles. The number of rotatable bonds is 5. The first-order chi connectivity index (χ1) is 12.5. The van der Waals surface area contributed by atoms with Crippen molar-refractivity contribution in [2.24, 2.45) is 0 Å². The molecule has 2 N–H and O–H groups in total. The average Bonchev–Trinajstić information content (AvgIpc) is 2.61. The lowest BCUT2D eigenvalue weighted by Crippen LogP contribution is -2.27. The summed E-state index contributed by atoms with van der Waals surface area (Å²) in [4.78, 5) is 16.8. The predicted octanol–water partition coefficient (Wildman–Crippen LogP) is 4.93. The second-order valence-electron chi connectivity index (χ2n) is 6.54. The van der Waals surface area contributed by atoms with Crippen LogP contribution in [-0.4, -0.2) is 10.9 Å². The van der Waals surface area contributed by atoms with E-state index in [9.17, 15) is 4.79 Å².